The first-order valence-corrected chi connectivity index (χ1v) is 14.5. The van der Waals surface area contributed by atoms with Gasteiger partial charge in [0.15, 0.2) is 11.6 Å². The molecule has 0 saturated heterocycles. The van der Waals surface area contributed by atoms with Gasteiger partial charge in [0, 0.05) is 22.5 Å². The van der Waals surface area contributed by atoms with Crippen LogP contribution in [0.2, 0.25) is 0 Å². The second-order valence-corrected chi connectivity index (χ2v) is 12.6. The second-order valence-electron chi connectivity index (χ2n) is 9.87. The van der Waals surface area contributed by atoms with Gasteiger partial charge >= 0.3 is 0 Å². The van der Waals surface area contributed by atoms with Crippen LogP contribution in [-0.4, -0.2) is 37.3 Å². The Morgan fingerprint density at radius 1 is 1.11 bits per heavy atom. The van der Waals surface area contributed by atoms with E-state index in [1.807, 2.05) is 31.2 Å². The van der Waals surface area contributed by atoms with Gasteiger partial charge in [-0.3, -0.25) is 4.79 Å². The quantitative estimate of drug-likeness (QED) is 0.408. The van der Waals surface area contributed by atoms with Crippen molar-refractivity contribution >= 4 is 31.9 Å². The summed E-state index contributed by atoms with van der Waals surface area (Å²) in [6, 6.07) is 14.6. The fourth-order valence-electron chi connectivity index (χ4n) is 5.07. The molecule has 3 aromatic carbocycles. The van der Waals surface area contributed by atoms with Crippen LogP contribution < -0.4 is 10.1 Å². The molecular weight excluding hydrogens is 578 g/mol. The highest BCUT2D eigenvalue weighted by Crippen LogP contribution is 2.48. The maximum atomic E-state index is 14.0. The molecule has 1 amide bonds. The number of nitrogens with one attached hydrogen (secondary N) is 1. The van der Waals surface area contributed by atoms with E-state index in [0.29, 0.717) is 16.5 Å². The van der Waals surface area contributed by atoms with Gasteiger partial charge < -0.3 is 10.1 Å². The first kappa shape index (κ1) is 26.8. The van der Waals surface area contributed by atoms with Gasteiger partial charge in [-0.25, -0.2) is 17.2 Å². The third-order valence-corrected chi connectivity index (χ3v) is 9.80. The molecular formula is C28H27BrF2N2O4S. The van der Waals surface area contributed by atoms with Gasteiger partial charge in [0.2, 0.25) is 15.9 Å². The summed E-state index contributed by atoms with van der Waals surface area (Å²) >= 11 is 3.35. The summed E-state index contributed by atoms with van der Waals surface area (Å²) in [4.78, 5) is 13.6. The van der Waals surface area contributed by atoms with Gasteiger partial charge in [-0.2, -0.15) is 4.31 Å². The van der Waals surface area contributed by atoms with Crippen molar-refractivity contribution in [2.24, 2.45) is 0 Å². The van der Waals surface area contributed by atoms with Crippen LogP contribution in [0.15, 0.2) is 70.0 Å². The number of hydrogen-bond acceptors (Lipinski definition) is 4. The van der Waals surface area contributed by atoms with Crippen LogP contribution in [0.5, 0.6) is 5.75 Å². The number of halogens is 3. The molecule has 5 rings (SSSR count). The Bertz CT molecular complexity index is 1520. The molecule has 1 aliphatic heterocycles. The van der Waals surface area contributed by atoms with Crippen molar-refractivity contribution in [3.05, 3.63) is 93.5 Å². The predicted molar refractivity (Wildman–Crippen MR) is 142 cm³/mol. The van der Waals surface area contributed by atoms with E-state index in [-0.39, 0.29) is 36.3 Å². The molecule has 0 spiro atoms. The summed E-state index contributed by atoms with van der Waals surface area (Å²) in [7, 11) is -4.15. The SMILES string of the molecule is CCOc1ccc(Br)cc1S(=O)(=O)N1Cc2ccccc2CC1C(=O)NC1CC1(C)c1ccc(F)c(F)c1. The van der Waals surface area contributed by atoms with E-state index in [1.165, 1.54) is 16.4 Å². The van der Waals surface area contributed by atoms with E-state index in [0.717, 1.165) is 23.3 Å². The monoisotopic (exact) mass is 604 g/mol. The largest absolute Gasteiger partial charge is 0.492 e. The minimum Gasteiger partial charge on any atom is -0.492 e. The first-order valence-electron chi connectivity index (χ1n) is 12.3. The molecule has 1 aliphatic carbocycles. The van der Waals surface area contributed by atoms with E-state index < -0.39 is 39.0 Å². The predicted octanol–water partition coefficient (Wildman–Crippen LogP) is 5.09. The van der Waals surface area contributed by atoms with Crippen molar-refractivity contribution in [3.8, 4) is 5.75 Å². The van der Waals surface area contributed by atoms with Crippen LogP contribution in [0.4, 0.5) is 8.78 Å². The molecule has 1 fully saturated rings. The van der Waals surface area contributed by atoms with Crippen LogP contribution in [0, 0.1) is 11.6 Å². The highest BCUT2D eigenvalue weighted by atomic mass is 79.9. The van der Waals surface area contributed by atoms with E-state index in [2.05, 4.69) is 21.2 Å². The molecule has 3 atom stereocenters. The maximum absolute atomic E-state index is 14.0. The number of benzene rings is 3. The molecule has 10 heteroatoms. The zero-order chi connectivity index (χ0) is 27.2. The summed E-state index contributed by atoms with van der Waals surface area (Å²) < 4.78 is 62.8. The number of carbonyl (C=O) groups is 1. The number of hydrogen-bond donors (Lipinski definition) is 1. The summed E-state index contributed by atoms with van der Waals surface area (Å²) in [6.07, 6.45) is 0.730. The molecule has 1 N–H and O–H groups in total. The Morgan fingerprint density at radius 3 is 2.55 bits per heavy atom. The van der Waals surface area contributed by atoms with Crippen molar-refractivity contribution in [3.63, 3.8) is 0 Å². The molecule has 0 radical (unpaired) electrons. The molecule has 6 nitrogen and oxygen atoms in total. The van der Waals surface area contributed by atoms with Gasteiger partial charge in [0.05, 0.1) is 6.61 Å². The Hall–Kier alpha value is -2.82. The molecule has 0 aromatic heterocycles. The molecule has 1 saturated carbocycles. The number of amides is 1. The zero-order valence-corrected chi connectivity index (χ0v) is 23.3. The highest BCUT2D eigenvalue weighted by Gasteiger charge is 2.53. The molecule has 200 valence electrons. The van der Waals surface area contributed by atoms with Gasteiger partial charge in [-0.1, -0.05) is 53.2 Å². The minimum atomic E-state index is -4.15. The van der Waals surface area contributed by atoms with Gasteiger partial charge in [0.1, 0.15) is 16.7 Å². The van der Waals surface area contributed by atoms with E-state index in [1.54, 1.807) is 19.1 Å². The van der Waals surface area contributed by atoms with Crippen molar-refractivity contribution in [1.29, 1.82) is 0 Å². The molecule has 38 heavy (non-hydrogen) atoms. The summed E-state index contributed by atoms with van der Waals surface area (Å²) in [5, 5.41) is 2.98. The van der Waals surface area contributed by atoms with E-state index >= 15 is 0 Å². The fourth-order valence-corrected chi connectivity index (χ4v) is 7.31. The van der Waals surface area contributed by atoms with Gasteiger partial charge in [-0.15, -0.1) is 0 Å². The Morgan fingerprint density at radius 2 is 1.84 bits per heavy atom. The molecule has 3 aromatic rings. The topological polar surface area (TPSA) is 75.7 Å². The molecule has 3 unspecified atom stereocenters. The van der Waals surface area contributed by atoms with Crippen molar-refractivity contribution < 1.29 is 26.7 Å². The average Bonchev–Trinajstić information content (AvgIpc) is 3.55. The standard InChI is InChI=1S/C28H27BrF2N2O4S/c1-3-37-24-11-9-20(29)14-25(24)38(35,36)33-16-18-7-5-4-6-17(18)12-23(33)27(34)32-26-15-28(26,2)19-8-10-21(30)22(31)13-19/h4-11,13-14,23,26H,3,12,15-16H2,1-2H3,(H,32,34). The first-order chi connectivity index (χ1) is 18.0. The highest BCUT2D eigenvalue weighted by molar-refractivity contribution is 9.10. The summed E-state index contributed by atoms with van der Waals surface area (Å²) in [5.74, 6) is -2.10. The second kappa shape index (κ2) is 10.1. The van der Waals surface area contributed by atoms with Crippen LogP contribution in [0.3, 0.4) is 0 Å². The lowest BCUT2D eigenvalue weighted by atomic mass is 9.95. The van der Waals surface area contributed by atoms with Crippen LogP contribution >= 0.6 is 15.9 Å². The van der Waals surface area contributed by atoms with Crippen molar-refractivity contribution in [2.45, 2.75) is 55.6 Å². The normalized spacial score (nSPS) is 23.0. The Kier molecular flexibility index (Phi) is 7.08. The lowest BCUT2D eigenvalue weighted by Crippen LogP contribution is -2.53. The number of rotatable bonds is 7. The third kappa shape index (κ3) is 4.85. The third-order valence-electron chi connectivity index (χ3n) is 7.43. The number of ether oxygens (including phenoxy) is 1. The number of carbonyl (C=O) groups excluding carboxylic acids is 1. The van der Waals surface area contributed by atoms with E-state index in [4.69, 9.17) is 4.74 Å². The Balaban J connectivity index is 1.46. The van der Waals surface area contributed by atoms with Gasteiger partial charge in [-0.05, 0) is 66.8 Å². The lowest BCUT2D eigenvalue weighted by molar-refractivity contribution is -0.125. The van der Waals surface area contributed by atoms with Crippen LogP contribution in [-0.2, 0) is 33.2 Å². The summed E-state index contributed by atoms with van der Waals surface area (Å²) in [6.45, 7) is 3.94. The zero-order valence-electron chi connectivity index (χ0n) is 20.9. The van der Waals surface area contributed by atoms with Crippen LogP contribution in [0.25, 0.3) is 0 Å². The lowest BCUT2D eigenvalue weighted by Gasteiger charge is -2.35. The number of nitrogens with zero attached hydrogens (tertiary/aromatic N) is 1. The maximum Gasteiger partial charge on any atom is 0.247 e. The van der Waals surface area contributed by atoms with Crippen LogP contribution in [0.1, 0.15) is 37.0 Å². The molecule has 0 bridgehead atoms. The number of fused-ring (bicyclic) bond motifs is 1. The Labute approximate surface area is 229 Å². The molecule has 1 heterocycles. The minimum absolute atomic E-state index is 0.0241. The van der Waals surface area contributed by atoms with Crippen molar-refractivity contribution in [1.82, 2.24) is 9.62 Å². The van der Waals surface area contributed by atoms with Gasteiger partial charge in [0.25, 0.3) is 0 Å². The van der Waals surface area contributed by atoms with E-state index in [9.17, 15) is 22.0 Å². The summed E-state index contributed by atoms with van der Waals surface area (Å²) in [5.41, 5.74) is 1.73. The fraction of sp³-hybridized carbons (Fsp3) is 0.321. The number of sulfonamides is 1. The smallest absolute Gasteiger partial charge is 0.247 e. The molecule has 2 aliphatic rings. The average molecular weight is 606 g/mol. The van der Waals surface area contributed by atoms with Crippen molar-refractivity contribution in [2.75, 3.05) is 6.61 Å².